The van der Waals surface area contributed by atoms with Gasteiger partial charge in [-0.2, -0.15) is 0 Å². The third-order valence-corrected chi connectivity index (χ3v) is 3.92. The smallest absolute Gasteiger partial charge is 0.316 e. The molecule has 0 aliphatic heterocycles. The summed E-state index contributed by atoms with van der Waals surface area (Å²) in [5.74, 6) is -1.19. The second-order valence-corrected chi connectivity index (χ2v) is 5.86. The van der Waals surface area contributed by atoms with E-state index in [0.717, 1.165) is 11.8 Å². The van der Waals surface area contributed by atoms with E-state index in [0.29, 0.717) is 10.6 Å². The normalized spacial score (nSPS) is 10.2. The second kappa shape index (κ2) is 7.84. The van der Waals surface area contributed by atoms with Crippen molar-refractivity contribution in [3.8, 4) is 0 Å². The average molecular weight is 369 g/mol. The molecule has 10 heteroatoms. The quantitative estimate of drug-likeness (QED) is 0.414. The fourth-order valence-electron chi connectivity index (χ4n) is 1.63. The number of esters is 1. The molecule has 0 aliphatic carbocycles. The van der Waals surface area contributed by atoms with Gasteiger partial charge >= 0.3 is 5.97 Å². The molecule has 1 amide bonds. The second-order valence-electron chi connectivity index (χ2n) is 4.46. The highest BCUT2D eigenvalue weighted by molar-refractivity contribution is 7.99. The Bertz CT molecular complexity index is 823. The van der Waals surface area contributed by atoms with Gasteiger partial charge in [0.25, 0.3) is 11.5 Å². The first-order valence-corrected chi connectivity index (χ1v) is 7.93. The lowest BCUT2D eigenvalue weighted by Crippen LogP contribution is -2.23. The van der Waals surface area contributed by atoms with Gasteiger partial charge in [0.2, 0.25) is 0 Å². The molecule has 2 rings (SSSR count). The Hall–Kier alpha value is -2.52. The maximum absolute atomic E-state index is 12.1. The molecule has 1 heterocycles. The Morgan fingerprint density at radius 3 is 2.62 bits per heavy atom. The number of aromatic amines is 1. The van der Waals surface area contributed by atoms with Crippen molar-refractivity contribution >= 4 is 46.7 Å². The van der Waals surface area contributed by atoms with E-state index in [1.807, 2.05) is 0 Å². The van der Waals surface area contributed by atoms with E-state index in [-0.39, 0.29) is 22.4 Å². The van der Waals surface area contributed by atoms with Gasteiger partial charge in [0, 0.05) is 10.6 Å². The van der Waals surface area contributed by atoms with Crippen LogP contribution in [0, 0.1) is 0 Å². The number of nitrogens with two attached hydrogens (primary N) is 1. The lowest BCUT2D eigenvalue weighted by molar-refractivity contribution is -0.137. The molecule has 0 atom stereocenters. The maximum Gasteiger partial charge on any atom is 0.316 e. The van der Waals surface area contributed by atoms with Crippen molar-refractivity contribution in [3.63, 3.8) is 0 Å². The number of thioether (sulfide) groups is 1. The van der Waals surface area contributed by atoms with Crippen molar-refractivity contribution in [2.24, 2.45) is 0 Å². The van der Waals surface area contributed by atoms with Gasteiger partial charge in [-0.15, -0.1) is 0 Å². The summed E-state index contributed by atoms with van der Waals surface area (Å²) in [4.78, 5) is 41.6. The molecule has 1 aromatic carbocycles. The molecule has 2 aromatic rings. The topological polar surface area (TPSA) is 127 Å². The van der Waals surface area contributed by atoms with E-state index in [9.17, 15) is 14.4 Å². The third-order valence-electron chi connectivity index (χ3n) is 2.83. The van der Waals surface area contributed by atoms with Crippen molar-refractivity contribution in [2.45, 2.75) is 5.16 Å². The molecule has 0 saturated heterocycles. The molecule has 0 spiro atoms. The SMILES string of the molecule is COC(=O)CSc1nc(N)c(NC(=O)c2ccc(Cl)cc2)c(=O)[nH]1. The standard InChI is InChI=1S/C14H13ClN4O4S/c1-23-9(20)6-24-14-18-11(16)10(13(22)19-14)17-12(21)7-2-4-8(15)5-3-7/h2-5H,6H2,1H3,(H,17,21)(H3,16,18,19,22). The molecular formula is C14H13ClN4O4S. The molecular weight excluding hydrogens is 356 g/mol. The van der Waals surface area contributed by atoms with Gasteiger partial charge in [0.05, 0.1) is 12.9 Å². The Morgan fingerprint density at radius 2 is 2.04 bits per heavy atom. The minimum atomic E-state index is -0.628. The minimum absolute atomic E-state index is 0.0324. The molecule has 4 N–H and O–H groups in total. The van der Waals surface area contributed by atoms with Gasteiger partial charge in [-0.05, 0) is 24.3 Å². The van der Waals surface area contributed by atoms with E-state index in [1.54, 1.807) is 12.1 Å². The Balaban J connectivity index is 2.16. The summed E-state index contributed by atoms with van der Waals surface area (Å²) in [6.07, 6.45) is 0. The van der Waals surface area contributed by atoms with Gasteiger partial charge in [-0.3, -0.25) is 19.4 Å². The van der Waals surface area contributed by atoms with Crippen LogP contribution in [-0.2, 0) is 9.53 Å². The van der Waals surface area contributed by atoms with Crippen LogP contribution in [0.1, 0.15) is 10.4 Å². The summed E-state index contributed by atoms with van der Waals surface area (Å²) < 4.78 is 4.49. The predicted molar refractivity (Wildman–Crippen MR) is 91.4 cm³/mol. The zero-order valence-corrected chi connectivity index (χ0v) is 14.0. The highest BCUT2D eigenvalue weighted by Gasteiger charge is 2.14. The number of anilines is 2. The summed E-state index contributed by atoms with van der Waals surface area (Å²) >= 11 is 6.71. The van der Waals surface area contributed by atoms with E-state index in [1.165, 1.54) is 19.2 Å². The maximum atomic E-state index is 12.1. The molecule has 0 saturated carbocycles. The number of carbonyl (C=O) groups excluding carboxylic acids is 2. The predicted octanol–water partition coefficient (Wildman–Crippen LogP) is 1.52. The van der Waals surface area contributed by atoms with E-state index >= 15 is 0 Å². The number of hydrogen-bond acceptors (Lipinski definition) is 7. The monoisotopic (exact) mass is 368 g/mol. The van der Waals surface area contributed by atoms with Crippen LogP contribution >= 0.6 is 23.4 Å². The molecule has 0 fully saturated rings. The van der Waals surface area contributed by atoms with Crippen LogP contribution in [0.2, 0.25) is 5.02 Å². The first-order chi connectivity index (χ1) is 11.4. The largest absolute Gasteiger partial charge is 0.468 e. The average Bonchev–Trinajstić information content (AvgIpc) is 2.56. The van der Waals surface area contributed by atoms with Crippen molar-refractivity contribution in [1.82, 2.24) is 9.97 Å². The number of aromatic nitrogens is 2. The summed E-state index contributed by atoms with van der Waals surface area (Å²) in [6, 6.07) is 6.12. The van der Waals surface area contributed by atoms with Crippen molar-refractivity contribution in [3.05, 3.63) is 45.2 Å². The Labute approximate surface area is 145 Å². The number of nitrogens with zero attached hydrogens (tertiary/aromatic N) is 1. The lowest BCUT2D eigenvalue weighted by Gasteiger charge is -2.08. The van der Waals surface area contributed by atoms with Crippen LogP contribution in [0.5, 0.6) is 0 Å². The number of nitrogen functional groups attached to an aromatic ring is 1. The van der Waals surface area contributed by atoms with Crippen LogP contribution in [0.15, 0.2) is 34.2 Å². The number of methoxy groups -OCH3 is 1. The number of H-pyrrole nitrogens is 1. The molecule has 1 aromatic heterocycles. The van der Waals surface area contributed by atoms with Crippen LogP contribution < -0.4 is 16.6 Å². The first-order valence-electron chi connectivity index (χ1n) is 6.57. The summed E-state index contributed by atoms with van der Waals surface area (Å²) in [5.41, 5.74) is 5.23. The highest BCUT2D eigenvalue weighted by Crippen LogP contribution is 2.18. The van der Waals surface area contributed by atoms with Crippen LogP contribution in [0.4, 0.5) is 11.5 Å². The third kappa shape index (κ3) is 4.49. The molecule has 0 aliphatic rings. The van der Waals surface area contributed by atoms with E-state index in [4.69, 9.17) is 17.3 Å². The molecule has 126 valence electrons. The van der Waals surface area contributed by atoms with Gasteiger partial charge in [0.15, 0.2) is 11.0 Å². The number of rotatable bonds is 5. The van der Waals surface area contributed by atoms with Crippen LogP contribution in [0.25, 0.3) is 0 Å². The number of halogens is 1. The van der Waals surface area contributed by atoms with E-state index in [2.05, 4.69) is 20.0 Å². The van der Waals surface area contributed by atoms with Crippen molar-refractivity contribution in [2.75, 3.05) is 23.9 Å². The van der Waals surface area contributed by atoms with Gasteiger partial charge < -0.3 is 15.8 Å². The molecule has 24 heavy (non-hydrogen) atoms. The molecule has 0 radical (unpaired) electrons. The van der Waals surface area contributed by atoms with Crippen LogP contribution in [-0.4, -0.2) is 34.7 Å². The van der Waals surface area contributed by atoms with Crippen molar-refractivity contribution < 1.29 is 14.3 Å². The zero-order valence-electron chi connectivity index (χ0n) is 12.5. The zero-order chi connectivity index (χ0) is 17.7. The van der Waals surface area contributed by atoms with Crippen LogP contribution in [0.3, 0.4) is 0 Å². The van der Waals surface area contributed by atoms with E-state index < -0.39 is 17.4 Å². The minimum Gasteiger partial charge on any atom is -0.468 e. The fraction of sp³-hybridized carbons (Fsp3) is 0.143. The van der Waals surface area contributed by atoms with Gasteiger partial charge in [-0.1, -0.05) is 23.4 Å². The number of amides is 1. The Kier molecular flexibility index (Phi) is 5.83. The number of carbonyl (C=O) groups is 2. The summed E-state index contributed by atoms with van der Waals surface area (Å²) in [7, 11) is 1.25. The lowest BCUT2D eigenvalue weighted by atomic mass is 10.2. The molecule has 0 unspecified atom stereocenters. The number of ether oxygens (including phenoxy) is 1. The number of benzene rings is 1. The summed E-state index contributed by atoms with van der Waals surface area (Å²) in [5, 5.41) is 3.03. The first kappa shape index (κ1) is 17.8. The number of hydrogen-bond donors (Lipinski definition) is 3. The number of nitrogens with one attached hydrogen (secondary N) is 2. The van der Waals surface area contributed by atoms with Crippen molar-refractivity contribution in [1.29, 1.82) is 0 Å². The highest BCUT2D eigenvalue weighted by atomic mass is 35.5. The van der Waals surface area contributed by atoms with Gasteiger partial charge in [-0.25, -0.2) is 4.98 Å². The fourth-order valence-corrected chi connectivity index (χ4v) is 2.46. The summed E-state index contributed by atoms with van der Waals surface area (Å²) in [6.45, 7) is 0. The molecule has 0 bridgehead atoms. The van der Waals surface area contributed by atoms with Gasteiger partial charge in [0.1, 0.15) is 5.69 Å². The Morgan fingerprint density at radius 1 is 1.38 bits per heavy atom. The molecule has 8 nitrogen and oxygen atoms in total.